The smallest absolute Gasteiger partial charge is 0.159 e. The van der Waals surface area contributed by atoms with E-state index in [1.54, 1.807) is 6.07 Å². The summed E-state index contributed by atoms with van der Waals surface area (Å²) in [6, 6.07) is 141. The molecule has 0 spiro atoms. The summed E-state index contributed by atoms with van der Waals surface area (Å²) in [4.78, 5) is 6.54. The Balaban J connectivity index is 0.000000116. The topological polar surface area (TPSA) is 49.1 Å². The average molecular weight is 1880 g/mol. The molecule has 0 saturated heterocycles. The number of hydrogen-bond donors (Lipinski definition) is 0. The molecule has 6 nitrogen and oxygen atoms in total. The van der Waals surface area contributed by atoms with Gasteiger partial charge in [0.2, 0.25) is 0 Å². The van der Waals surface area contributed by atoms with Crippen LogP contribution in [0.5, 0.6) is 0 Å². The third-order valence-corrected chi connectivity index (χ3v) is 30.8. The standard InChI is InChI=1S/C49H39NO.2C45H33NO/c1-30-14-13-19-38-40-29-39-36-18-10-12-21-42(36)49(4,5)44(39)45(47(40)51-46(30)38)50(33-15-7-6-8-16-33)34-25-22-31(23-26-34)32-24-27-37-35-17-9-11-20-41(35)48(2,3)43(37)28-32;2*1-45(2)40-24-13-12-21-36(40)38-29-39-37-23-14-22-35(32-17-8-4-9-18-32)43(37)47-44(39)42(41(38)45)46(33-19-10-5-11-20-33)34-27-25-31(26-28-34)30-15-6-3-7-16-30/h6-29H,1-5H3;2*3-29H,1-2H3/i;5D,10D,11D,19D,20D;4D,8D,9D,17D,18D. The number of aryl methyl sites for hydroxylation is 1. The zero-order valence-electron chi connectivity index (χ0n) is 91.8. The fraction of sp³-hybridized carbons (Fsp3) is 0.0935. The normalized spacial score (nSPS) is 14.6. The van der Waals surface area contributed by atoms with Crippen LogP contribution in [0.15, 0.2) is 486 Å². The number of anilines is 9. The second-order valence-electron chi connectivity index (χ2n) is 40.5. The lowest BCUT2D eigenvalue weighted by Crippen LogP contribution is -2.21. The van der Waals surface area contributed by atoms with E-state index in [9.17, 15) is 2.74 Å². The van der Waals surface area contributed by atoms with Gasteiger partial charge in [-0.2, -0.15) is 0 Å². The number of fused-ring (bicyclic) bond motifs is 21. The molecule has 0 unspecified atom stereocenters. The minimum absolute atomic E-state index is 0.0413. The highest BCUT2D eigenvalue weighted by Gasteiger charge is 2.46. The lowest BCUT2D eigenvalue weighted by atomic mass is 9.80. The Labute approximate surface area is 860 Å². The molecule has 0 radical (unpaired) electrons. The molecule has 4 aliphatic carbocycles. The lowest BCUT2D eigenvalue weighted by Gasteiger charge is -2.32. The molecule has 0 saturated carbocycles. The van der Waals surface area contributed by atoms with Gasteiger partial charge in [-0.05, 0) is 243 Å². The third kappa shape index (κ3) is 14.2. The third-order valence-electron chi connectivity index (χ3n) is 30.8. The van der Waals surface area contributed by atoms with Gasteiger partial charge in [0.15, 0.2) is 16.7 Å². The van der Waals surface area contributed by atoms with Crippen molar-refractivity contribution in [2.24, 2.45) is 0 Å². The highest BCUT2D eigenvalue weighted by atomic mass is 16.3. The lowest BCUT2D eigenvalue weighted by molar-refractivity contribution is 0.647. The quantitative estimate of drug-likeness (QED) is 0.108. The fourth-order valence-electron chi connectivity index (χ4n) is 23.9. The van der Waals surface area contributed by atoms with Crippen molar-refractivity contribution < 1.29 is 27.0 Å². The molecule has 21 aromatic carbocycles. The maximum absolute atomic E-state index is 9.28. The van der Waals surface area contributed by atoms with Gasteiger partial charge < -0.3 is 28.0 Å². The van der Waals surface area contributed by atoms with Crippen LogP contribution in [0.1, 0.15) is 119 Å². The monoisotopic (exact) mass is 1870 g/mol. The summed E-state index contributed by atoms with van der Waals surface area (Å²) < 4.78 is 108. The Kier molecular flexibility index (Phi) is 18.3. The summed E-state index contributed by atoms with van der Waals surface area (Å²) >= 11 is 0. The summed E-state index contributed by atoms with van der Waals surface area (Å²) in [7, 11) is 0. The van der Waals surface area contributed by atoms with E-state index in [0.717, 1.165) is 161 Å². The molecule has 3 aromatic heterocycles. The van der Waals surface area contributed by atoms with Crippen LogP contribution in [0.3, 0.4) is 0 Å². The molecule has 0 amide bonds. The van der Waals surface area contributed by atoms with Gasteiger partial charge >= 0.3 is 0 Å². The molecule has 28 rings (SSSR count). The fourth-order valence-corrected chi connectivity index (χ4v) is 23.9. The Morgan fingerprint density at radius 3 is 0.876 bits per heavy atom. The SMILES string of the molecule is Cc1cccc2c1oc1c(N(c3ccccc3)c3ccc(-c4ccc5c(c4)C(C)(C)c4ccccc4-5)cc3)c3c(cc12)-c1ccccc1C3(C)C.[2H]c1c([2H])c([2H])c(-c2cccc3c2oc2c(N(c4ccccc4)c4ccc(-c5ccccc5)cc4)c4c(cc23)-c2ccccc2C4(C)C)c([2H])c1[2H].[2H]c1c([2H])c([2H])c(N(c2ccc(-c3ccccc3)cc2)c2c3c(cc4c2oc2c(-c5ccccc5)cccc24)-c2ccccc2C3(C)C)c([2H])c1[2H]. The van der Waals surface area contributed by atoms with Crippen molar-refractivity contribution in [3.05, 3.63) is 523 Å². The predicted molar refractivity (Wildman–Crippen MR) is 607 cm³/mol. The van der Waals surface area contributed by atoms with Crippen LogP contribution in [0, 0.1) is 6.92 Å². The van der Waals surface area contributed by atoms with Gasteiger partial charge in [-0.1, -0.05) is 431 Å². The molecular formula is C139H105N3O3. The first kappa shape index (κ1) is 77.2. The zero-order chi connectivity index (χ0) is 106. The van der Waals surface area contributed by atoms with E-state index in [2.05, 4.69) is 339 Å². The number of furan rings is 3. The molecule has 0 fully saturated rings. The van der Waals surface area contributed by atoms with E-state index >= 15 is 0 Å². The molecule has 145 heavy (non-hydrogen) atoms. The maximum Gasteiger partial charge on any atom is 0.159 e. The van der Waals surface area contributed by atoms with E-state index < -0.39 is 35.0 Å². The van der Waals surface area contributed by atoms with Crippen LogP contribution in [0.4, 0.5) is 51.2 Å². The van der Waals surface area contributed by atoms with Crippen LogP contribution in [0.2, 0.25) is 0 Å². The van der Waals surface area contributed by atoms with Crippen LogP contribution < -0.4 is 14.7 Å². The van der Waals surface area contributed by atoms with E-state index in [1.807, 2.05) is 144 Å². The number of nitrogens with zero attached hydrogens (tertiary/aromatic N) is 3. The van der Waals surface area contributed by atoms with Crippen molar-refractivity contribution in [2.75, 3.05) is 14.7 Å². The molecule has 694 valence electrons. The van der Waals surface area contributed by atoms with E-state index in [4.69, 9.17) is 24.2 Å². The Bertz CT molecular complexity index is 9840. The summed E-state index contributed by atoms with van der Waals surface area (Å²) in [6.45, 7) is 20.4. The Morgan fingerprint density at radius 2 is 0.469 bits per heavy atom. The highest BCUT2D eigenvalue weighted by molar-refractivity contribution is 6.20. The Morgan fingerprint density at radius 1 is 0.186 bits per heavy atom. The van der Waals surface area contributed by atoms with Gasteiger partial charge in [0.05, 0.1) is 30.8 Å². The van der Waals surface area contributed by atoms with Gasteiger partial charge in [0.25, 0.3) is 0 Å². The van der Waals surface area contributed by atoms with E-state index in [-0.39, 0.29) is 58.3 Å². The van der Waals surface area contributed by atoms with Crippen molar-refractivity contribution in [3.8, 4) is 100 Å². The van der Waals surface area contributed by atoms with Crippen molar-refractivity contribution in [1.82, 2.24) is 0 Å². The van der Waals surface area contributed by atoms with Crippen molar-refractivity contribution in [1.29, 1.82) is 0 Å². The first-order chi connectivity index (χ1) is 75.1. The highest BCUT2D eigenvalue weighted by Crippen LogP contribution is 2.64. The number of hydrogen-bond acceptors (Lipinski definition) is 6. The number of benzene rings is 21. The second kappa shape index (κ2) is 34.4. The molecule has 3 heterocycles. The van der Waals surface area contributed by atoms with Crippen LogP contribution >= 0.6 is 0 Å². The largest absolute Gasteiger partial charge is 0.454 e. The molecule has 4 aliphatic rings. The second-order valence-corrected chi connectivity index (χ2v) is 40.5. The van der Waals surface area contributed by atoms with Crippen LogP contribution in [0.25, 0.3) is 166 Å². The Hall–Kier alpha value is -17.6. The molecule has 0 bridgehead atoms. The number of rotatable bonds is 14. The van der Waals surface area contributed by atoms with E-state index in [1.165, 1.54) is 61.2 Å². The van der Waals surface area contributed by atoms with E-state index in [0.29, 0.717) is 33.7 Å². The van der Waals surface area contributed by atoms with Gasteiger partial charge in [-0.15, -0.1) is 0 Å². The summed E-state index contributed by atoms with van der Waals surface area (Å²) in [6.07, 6.45) is 0. The molecule has 0 aliphatic heterocycles. The van der Waals surface area contributed by atoms with Gasteiger partial charge in [-0.3, -0.25) is 0 Å². The van der Waals surface area contributed by atoms with Crippen LogP contribution in [-0.4, -0.2) is 0 Å². The summed E-state index contributed by atoms with van der Waals surface area (Å²) in [5.74, 6) is 0. The predicted octanol–water partition coefficient (Wildman–Crippen LogP) is 39.0. The molecule has 6 heteroatoms. The molecule has 0 atom stereocenters. The van der Waals surface area contributed by atoms with Crippen molar-refractivity contribution >= 4 is 117 Å². The zero-order valence-corrected chi connectivity index (χ0v) is 81.8. The van der Waals surface area contributed by atoms with Crippen molar-refractivity contribution in [3.63, 3.8) is 0 Å². The molecule has 24 aromatic rings. The number of para-hydroxylation sites is 6. The molecular weight excluding hydrogens is 1760 g/mol. The minimum Gasteiger partial charge on any atom is -0.454 e. The maximum atomic E-state index is 9.28. The van der Waals surface area contributed by atoms with Gasteiger partial charge in [0, 0.05) is 99.2 Å². The van der Waals surface area contributed by atoms with Gasteiger partial charge in [0.1, 0.15) is 16.7 Å². The van der Waals surface area contributed by atoms with Gasteiger partial charge in [-0.25, -0.2) is 0 Å². The first-order valence-electron chi connectivity index (χ1n) is 54.8. The average Bonchev–Trinajstić information content (AvgIpc) is 1.53. The summed E-state index contributed by atoms with van der Waals surface area (Å²) in [5.41, 5.74) is 40.5. The minimum atomic E-state index is -0.535. The first-order valence-corrected chi connectivity index (χ1v) is 49.8. The van der Waals surface area contributed by atoms with Crippen LogP contribution in [-0.2, 0) is 21.7 Å². The summed E-state index contributed by atoms with van der Waals surface area (Å²) in [5, 5.41) is 5.80. The van der Waals surface area contributed by atoms with Crippen molar-refractivity contribution in [2.45, 2.75) is 84.0 Å². The molecule has 0 N–H and O–H groups in total.